The summed E-state index contributed by atoms with van der Waals surface area (Å²) in [6.07, 6.45) is 0.370. The van der Waals surface area contributed by atoms with E-state index in [1.165, 1.54) is 0 Å². The normalized spacial score (nSPS) is 24.2. The average Bonchev–Trinajstić information content (AvgIpc) is 3.69. The Balaban J connectivity index is 1.31. The Labute approximate surface area is 253 Å². The molecule has 3 saturated heterocycles. The minimum atomic E-state index is -0.785. The highest BCUT2D eigenvalue weighted by Gasteiger charge is 2.56. The van der Waals surface area contributed by atoms with Gasteiger partial charge >= 0.3 is 0 Å². The maximum atomic E-state index is 14.2. The van der Waals surface area contributed by atoms with Crippen LogP contribution in [0.4, 0.5) is 5.13 Å². The first-order valence-corrected chi connectivity index (χ1v) is 15.9. The second-order valence-electron chi connectivity index (χ2n) is 13.8. The number of thiazole rings is 1. The number of carbonyl (C=O) groups is 3. The van der Waals surface area contributed by atoms with Crippen LogP contribution in [0.2, 0.25) is 0 Å². The first-order chi connectivity index (χ1) is 19.8. The molecule has 2 amide bonds. The summed E-state index contributed by atoms with van der Waals surface area (Å²) in [5, 5.41) is 6.13. The van der Waals surface area contributed by atoms with Crippen molar-refractivity contribution < 1.29 is 19.1 Å². The summed E-state index contributed by atoms with van der Waals surface area (Å²) < 4.78 is 5.90. The van der Waals surface area contributed by atoms with Crippen LogP contribution in [0, 0.1) is 16.7 Å². The molecule has 0 spiro atoms. The van der Waals surface area contributed by atoms with E-state index < -0.39 is 17.5 Å². The van der Waals surface area contributed by atoms with Crippen molar-refractivity contribution in [3.63, 3.8) is 0 Å². The van der Waals surface area contributed by atoms with Gasteiger partial charge in [-0.25, -0.2) is 4.98 Å². The summed E-state index contributed by atoms with van der Waals surface area (Å²) in [5.41, 5.74) is 1.66. The van der Waals surface area contributed by atoms with E-state index in [0.29, 0.717) is 18.5 Å². The van der Waals surface area contributed by atoms with Crippen LogP contribution in [-0.2, 0) is 14.3 Å². The maximum Gasteiger partial charge on any atom is 0.251 e. The van der Waals surface area contributed by atoms with E-state index >= 15 is 0 Å². The van der Waals surface area contributed by atoms with Gasteiger partial charge in [-0.3, -0.25) is 14.4 Å². The summed E-state index contributed by atoms with van der Waals surface area (Å²) in [4.78, 5) is 51.7. The molecule has 42 heavy (non-hydrogen) atoms. The summed E-state index contributed by atoms with van der Waals surface area (Å²) in [5.74, 6) is -0.553. The summed E-state index contributed by atoms with van der Waals surface area (Å²) >= 11 is 1.64. The van der Waals surface area contributed by atoms with Gasteiger partial charge in [-0.05, 0) is 36.4 Å². The Morgan fingerprint density at radius 1 is 1.10 bits per heavy atom. The number of likely N-dealkylation sites (N-methyl/N-ethyl adjacent to an activating group) is 1. The molecule has 3 fully saturated rings. The van der Waals surface area contributed by atoms with Gasteiger partial charge in [0.25, 0.3) is 5.91 Å². The number of hydrogen-bond acceptors (Lipinski definition) is 8. The molecule has 0 radical (unpaired) electrons. The predicted molar refractivity (Wildman–Crippen MR) is 166 cm³/mol. The van der Waals surface area contributed by atoms with Crippen LogP contribution in [0.25, 0.3) is 11.3 Å². The number of Topliss-reactive ketones (excluding diaryl/α,β-unsaturated/α-hetero) is 1. The predicted octanol–water partition coefficient (Wildman–Crippen LogP) is 3.94. The lowest BCUT2D eigenvalue weighted by atomic mass is 9.78. The molecule has 10 heteroatoms. The molecule has 0 saturated carbocycles. The van der Waals surface area contributed by atoms with E-state index in [1.54, 1.807) is 28.4 Å². The van der Waals surface area contributed by atoms with Gasteiger partial charge in [0.15, 0.2) is 10.9 Å². The number of carbonyl (C=O) groups excluding carboxylic acids is 3. The standard InChI is InChI=1S/C32H45N5O4S/c1-8-32(5,6)27(29(40)37-17-22(31(2,3)4)26-25(37)24(38)18-41-26)34-28(39)21-11-9-20(10-12-21)23-19-42-30(33-23)36-15-13-35(7)14-16-36/h9-12,19,22,25-27H,8,13-18H2,1-7H3,(H,34,39)/t22-,25+,26+,27?/m0/s1. The lowest BCUT2D eigenvalue weighted by Crippen LogP contribution is -2.57. The van der Waals surface area contributed by atoms with Crippen molar-refractivity contribution in [3.8, 4) is 11.3 Å². The Morgan fingerprint density at radius 2 is 1.76 bits per heavy atom. The summed E-state index contributed by atoms with van der Waals surface area (Å²) in [7, 11) is 2.14. The number of amides is 2. The fourth-order valence-corrected chi connectivity index (χ4v) is 7.05. The minimum absolute atomic E-state index is 0.0299. The third-order valence-corrected chi connectivity index (χ3v) is 10.4. The zero-order valence-electron chi connectivity index (χ0n) is 26.0. The van der Waals surface area contributed by atoms with Crippen LogP contribution in [0.15, 0.2) is 29.6 Å². The number of anilines is 1. The molecule has 9 nitrogen and oxygen atoms in total. The summed E-state index contributed by atoms with van der Waals surface area (Å²) in [6.45, 7) is 16.8. The van der Waals surface area contributed by atoms with Crippen molar-refractivity contribution in [2.24, 2.45) is 16.7 Å². The highest BCUT2D eigenvalue weighted by molar-refractivity contribution is 7.14. The van der Waals surface area contributed by atoms with Crippen LogP contribution in [0.5, 0.6) is 0 Å². The molecule has 2 aromatic rings. The molecule has 0 bridgehead atoms. The topological polar surface area (TPSA) is 95.1 Å². The van der Waals surface area contributed by atoms with Gasteiger partial charge in [-0.15, -0.1) is 11.3 Å². The monoisotopic (exact) mass is 595 g/mol. The lowest BCUT2D eigenvalue weighted by Gasteiger charge is -2.37. The van der Waals surface area contributed by atoms with Gasteiger partial charge in [0.05, 0.1) is 11.8 Å². The van der Waals surface area contributed by atoms with Gasteiger partial charge in [0.1, 0.15) is 18.7 Å². The van der Waals surface area contributed by atoms with Gasteiger partial charge in [-0.2, -0.15) is 0 Å². The lowest BCUT2D eigenvalue weighted by molar-refractivity contribution is -0.140. The molecule has 1 aromatic carbocycles. The Kier molecular flexibility index (Phi) is 8.53. The fraction of sp³-hybridized carbons (Fsp3) is 0.625. The second-order valence-corrected chi connectivity index (χ2v) is 14.6. The number of nitrogens with one attached hydrogen (secondary N) is 1. The molecule has 228 valence electrons. The molecule has 0 aliphatic carbocycles. The highest BCUT2D eigenvalue weighted by Crippen LogP contribution is 2.42. The van der Waals surface area contributed by atoms with Gasteiger partial charge in [-0.1, -0.05) is 53.7 Å². The van der Waals surface area contributed by atoms with Crippen LogP contribution in [0.3, 0.4) is 0 Å². The molecule has 1 aromatic heterocycles. The highest BCUT2D eigenvalue weighted by atomic mass is 32.1. The Hall–Kier alpha value is -2.82. The molecule has 1 N–H and O–H groups in total. The van der Waals surface area contributed by atoms with Crippen molar-refractivity contribution in [2.45, 2.75) is 66.2 Å². The number of fused-ring (bicyclic) bond motifs is 1. The van der Waals surface area contributed by atoms with Gasteiger partial charge in [0.2, 0.25) is 5.91 Å². The minimum Gasteiger partial charge on any atom is -0.367 e. The van der Waals surface area contributed by atoms with Crippen LogP contribution < -0.4 is 10.2 Å². The third kappa shape index (κ3) is 5.98. The zero-order valence-corrected chi connectivity index (χ0v) is 26.8. The molecule has 1 unspecified atom stereocenters. The molecular weight excluding hydrogens is 550 g/mol. The second kappa shape index (κ2) is 11.7. The number of likely N-dealkylation sites (tertiary alicyclic amines) is 1. The van der Waals surface area contributed by atoms with E-state index in [9.17, 15) is 14.4 Å². The van der Waals surface area contributed by atoms with Crippen LogP contribution in [-0.4, -0.2) is 96.9 Å². The Morgan fingerprint density at radius 3 is 2.38 bits per heavy atom. The van der Waals surface area contributed by atoms with Crippen molar-refractivity contribution in [2.75, 3.05) is 51.3 Å². The number of hydrogen-bond donors (Lipinski definition) is 1. The van der Waals surface area contributed by atoms with Crippen LogP contribution in [0.1, 0.15) is 58.3 Å². The zero-order chi connectivity index (χ0) is 30.4. The molecular formula is C32H45N5O4S. The fourth-order valence-electron chi connectivity index (χ4n) is 6.16. The van der Waals surface area contributed by atoms with E-state index in [2.05, 4.69) is 48.3 Å². The van der Waals surface area contributed by atoms with Gasteiger partial charge in [0, 0.05) is 55.1 Å². The van der Waals surface area contributed by atoms with Gasteiger partial charge < -0.3 is 24.8 Å². The number of nitrogens with zero attached hydrogens (tertiary/aromatic N) is 4. The number of rotatable bonds is 7. The van der Waals surface area contributed by atoms with Crippen molar-refractivity contribution in [3.05, 3.63) is 35.2 Å². The van der Waals surface area contributed by atoms with Crippen molar-refractivity contribution >= 4 is 34.1 Å². The maximum absolute atomic E-state index is 14.2. The van der Waals surface area contributed by atoms with E-state index in [-0.39, 0.29) is 41.6 Å². The molecule has 3 aliphatic heterocycles. The van der Waals surface area contributed by atoms with Crippen molar-refractivity contribution in [1.82, 2.24) is 20.1 Å². The molecule has 4 atom stereocenters. The van der Waals surface area contributed by atoms with E-state index in [1.807, 2.05) is 32.9 Å². The number of benzene rings is 1. The quantitative estimate of drug-likeness (QED) is 0.518. The first-order valence-electron chi connectivity index (χ1n) is 15.1. The average molecular weight is 596 g/mol. The molecule has 5 rings (SSSR count). The van der Waals surface area contributed by atoms with E-state index in [0.717, 1.165) is 42.6 Å². The number of ether oxygens (including phenoxy) is 1. The largest absolute Gasteiger partial charge is 0.367 e. The SMILES string of the molecule is CCC(C)(C)C(NC(=O)c1ccc(-c2csc(N3CCN(C)CC3)n2)cc1)C(=O)N1C[C@H](C(C)(C)C)[C@H]2OCC(=O)[C@H]21. The first kappa shape index (κ1) is 30.6. The van der Waals surface area contributed by atoms with E-state index in [4.69, 9.17) is 9.72 Å². The van der Waals surface area contributed by atoms with Crippen molar-refractivity contribution in [1.29, 1.82) is 0 Å². The summed E-state index contributed by atoms with van der Waals surface area (Å²) in [6, 6.07) is 6.01. The molecule has 4 heterocycles. The number of aromatic nitrogens is 1. The smallest absolute Gasteiger partial charge is 0.251 e. The number of ketones is 1. The number of piperazine rings is 1. The third-order valence-electron chi connectivity index (χ3n) is 9.50. The Bertz CT molecular complexity index is 1310. The van der Waals surface area contributed by atoms with Crippen LogP contribution >= 0.6 is 11.3 Å². The molecule has 3 aliphatic rings.